The van der Waals surface area contributed by atoms with Gasteiger partial charge in [-0.3, -0.25) is 4.79 Å². The fourth-order valence-corrected chi connectivity index (χ4v) is 2.13. The van der Waals surface area contributed by atoms with E-state index in [0.717, 1.165) is 5.56 Å². The zero-order chi connectivity index (χ0) is 18.1. The summed E-state index contributed by atoms with van der Waals surface area (Å²) in [6.07, 6.45) is 2.88. The monoisotopic (exact) mass is 340 g/mol. The molecule has 0 N–H and O–H groups in total. The highest BCUT2D eigenvalue weighted by molar-refractivity contribution is 5.99. The van der Waals surface area contributed by atoms with Crippen molar-refractivity contribution >= 4 is 17.8 Å². The van der Waals surface area contributed by atoms with E-state index >= 15 is 0 Å². The van der Waals surface area contributed by atoms with Crippen LogP contribution in [0.5, 0.6) is 11.5 Å². The third-order valence-corrected chi connectivity index (χ3v) is 3.36. The highest BCUT2D eigenvalue weighted by atomic mass is 16.5. The second kappa shape index (κ2) is 9.27. The van der Waals surface area contributed by atoms with E-state index in [2.05, 4.69) is 0 Å². The minimum atomic E-state index is -0.595. The average Bonchev–Trinajstić information content (AvgIpc) is 2.65. The summed E-state index contributed by atoms with van der Waals surface area (Å²) in [5.74, 6) is 0.365. The van der Waals surface area contributed by atoms with Crippen LogP contribution in [0, 0.1) is 0 Å². The first kappa shape index (κ1) is 18.3. The molecule has 5 nitrogen and oxygen atoms in total. The number of esters is 1. The number of carbonyl (C=O) groups excluding carboxylic acids is 2. The summed E-state index contributed by atoms with van der Waals surface area (Å²) in [7, 11) is 1.52. The highest BCUT2D eigenvalue weighted by Gasteiger charge is 2.09. The predicted octanol–water partition coefficient (Wildman–Crippen LogP) is 3.53. The minimum absolute atomic E-state index is 0.296. The van der Waals surface area contributed by atoms with Gasteiger partial charge in [-0.15, -0.1) is 0 Å². The van der Waals surface area contributed by atoms with Crippen molar-refractivity contribution in [3.8, 4) is 11.5 Å². The Hall–Kier alpha value is -3.08. The fraction of sp³-hybridized carbons (Fsp3) is 0.200. The molecule has 0 atom stereocenters. The summed E-state index contributed by atoms with van der Waals surface area (Å²) in [4.78, 5) is 23.9. The lowest BCUT2D eigenvalue weighted by Gasteiger charge is -2.06. The van der Waals surface area contributed by atoms with Gasteiger partial charge in [0.05, 0.1) is 13.7 Å². The van der Waals surface area contributed by atoms with Crippen molar-refractivity contribution in [1.29, 1.82) is 0 Å². The molecular formula is C20H20O5. The third-order valence-electron chi connectivity index (χ3n) is 3.36. The first-order chi connectivity index (χ1) is 12.1. The Labute approximate surface area is 146 Å². The van der Waals surface area contributed by atoms with Crippen molar-refractivity contribution in [3.63, 3.8) is 0 Å². The van der Waals surface area contributed by atoms with E-state index in [-0.39, 0.29) is 12.4 Å². The maximum Gasteiger partial charge on any atom is 0.331 e. The van der Waals surface area contributed by atoms with Crippen LogP contribution in [0.1, 0.15) is 22.8 Å². The maximum absolute atomic E-state index is 12.1. The molecule has 2 rings (SSSR count). The normalized spacial score (nSPS) is 10.5. The number of hydrogen-bond acceptors (Lipinski definition) is 5. The molecule has 5 heteroatoms. The number of Topliss-reactive ketones (excluding diaryl/α,β-unsaturated/α-hetero) is 1. The molecule has 0 saturated carbocycles. The van der Waals surface area contributed by atoms with Crippen LogP contribution in [0.2, 0.25) is 0 Å². The van der Waals surface area contributed by atoms with Gasteiger partial charge in [-0.2, -0.15) is 0 Å². The van der Waals surface area contributed by atoms with Crippen LogP contribution in [-0.4, -0.2) is 32.1 Å². The molecule has 0 radical (unpaired) electrons. The summed E-state index contributed by atoms with van der Waals surface area (Å²) in [6, 6.07) is 14.0. The summed E-state index contributed by atoms with van der Waals surface area (Å²) in [5.41, 5.74) is 1.19. The molecule has 0 fully saturated rings. The Morgan fingerprint density at radius 3 is 2.64 bits per heavy atom. The quantitative estimate of drug-likeness (QED) is 0.418. The van der Waals surface area contributed by atoms with Crippen LogP contribution in [0.15, 0.2) is 54.6 Å². The second-order valence-electron chi connectivity index (χ2n) is 5.07. The SMILES string of the molecule is CCOc1ccccc1/C=C/C(=O)OCC(=O)c1cccc(OC)c1. The lowest BCUT2D eigenvalue weighted by atomic mass is 10.1. The highest BCUT2D eigenvalue weighted by Crippen LogP contribution is 2.19. The molecule has 0 heterocycles. The number of ether oxygens (including phenoxy) is 3. The van der Waals surface area contributed by atoms with Crippen molar-refractivity contribution in [3.05, 3.63) is 65.7 Å². The predicted molar refractivity (Wildman–Crippen MR) is 94.9 cm³/mol. The topological polar surface area (TPSA) is 61.8 Å². The number of para-hydroxylation sites is 1. The van der Waals surface area contributed by atoms with E-state index in [4.69, 9.17) is 14.2 Å². The van der Waals surface area contributed by atoms with Gasteiger partial charge in [-0.05, 0) is 31.2 Å². The molecule has 0 bridgehead atoms. The number of methoxy groups -OCH3 is 1. The van der Waals surface area contributed by atoms with E-state index in [1.165, 1.54) is 13.2 Å². The zero-order valence-electron chi connectivity index (χ0n) is 14.2. The summed E-state index contributed by atoms with van der Waals surface area (Å²) in [5, 5.41) is 0. The van der Waals surface area contributed by atoms with Crippen LogP contribution in [0.3, 0.4) is 0 Å². The van der Waals surface area contributed by atoms with E-state index < -0.39 is 5.97 Å². The second-order valence-corrected chi connectivity index (χ2v) is 5.07. The number of rotatable bonds is 8. The first-order valence-corrected chi connectivity index (χ1v) is 7.88. The van der Waals surface area contributed by atoms with Gasteiger partial charge in [-0.25, -0.2) is 4.79 Å². The number of carbonyl (C=O) groups is 2. The van der Waals surface area contributed by atoms with Gasteiger partial charge in [0.15, 0.2) is 12.4 Å². The van der Waals surface area contributed by atoms with Crippen molar-refractivity contribution < 1.29 is 23.8 Å². The Morgan fingerprint density at radius 1 is 1.08 bits per heavy atom. The van der Waals surface area contributed by atoms with Crippen LogP contribution in [0.4, 0.5) is 0 Å². The van der Waals surface area contributed by atoms with Gasteiger partial charge < -0.3 is 14.2 Å². The minimum Gasteiger partial charge on any atom is -0.497 e. The molecule has 0 aliphatic rings. The number of ketones is 1. The van der Waals surface area contributed by atoms with Crippen LogP contribution >= 0.6 is 0 Å². The Morgan fingerprint density at radius 2 is 1.88 bits per heavy atom. The third kappa shape index (κ3) is 5.49. The first-order valence-electron chi connectivity index (χ1n) is 7.88. The molecule has 0 spiro atoms. The molecule has 0 aliphatic heterocycles. The largest absolute Gasteiger partial charge is 0.497 e. The molecule has 0 aliphatic carbocycles. The van der Waals surface area contributed by atoms with Gasteiger partial charge in [0.25, 0.3) is 0 Å². The zero-order valence-corrected chi connectivity index (χ0v) is 14.2. The van der Waals surface area contributed by atoms with E-state index in [0.29, 0.717) is 23.7 Å². The van der Waals surface area contributed by atoms with Crippen molar-refractivity contribution in [1.82, 2.24) is 0 Å². The van der Waals surface area contributed by atoms with Crippen molar-refractivity contribution in [2.24, 2.45) is 0 Å². The molecule has 0 unspecified atom stereocenters. The molecule has 2 aromatic carbocycles. The van der Waals surface area contributed by atoms with Gasteiger partial charge in [0, 0.05) is 17.2 Å². The molecule has 25 heavy (non-hydrogen) atoms. The van der Waals surface area contributed by atoms with Gasteiger partial charge in [-0.1, -0.05) is 30.3 Å². The summed E-state index contributed by atoms with van der Waals surface area (Å²) >= 11 is 0. The molecule has 130 valence electrons. The van der Waals surface area contributed by atoms with Gasteiger partial charge >= 0.3 is 5.97 Å². The van der Waals surface area contributed by atoms with Gasteiger partial charge in [0.2, 0.25) is 0 Å². The van der Waals surface area contributed by atoms with Crippen molar-refractivity contribution in [2.45, 2.75) is 6.92 Å². The average molecular weight is 340 g/mol. The van der Waals surface area contributed by atoms with E-state index in [9.17, 15) is 9.59 Å². The number of hydrogen-bond donors (Lipinski definition) is 0. The van der Waals surface area contributed by atoms with Gasteiger partial charge in [0.1, 0.15) is 11.5 Å². The lowest BCUT2D eigenvalue weighted by molar-refractivity contribution is -0.136. The summed E-state index contributed by atoms with van der Waals surface area (Å²) in [6.45, 7) is 2.09. The Bertz CT molecular complexity index is 764. The smallest absolute Gasteiger partial charge is 0.331 e. The maximum atomic E-state index is 12.1. The van der Waals surface area contributed by atoms with Crippen molar-refractivity contribution in [2.75, 3.05) is 20.3 Å². The van der Waals surface area contributed by atoms with E-state index in [1.807, 2.05) is 31.2 Å². The molecule has 0 aromatic heterocycles. The van der Waals surface area contributed by atoms with Crippen LogP contribution < -0.4 is 9.47 Å². The van der Waals surface area contributed by atoms with Crippen LogP contribution in [-0.2, 0) is 9.53 Å². The standard InChI is InChI=1S/C20H20O5/c1-3-24-19-10-5-4-7-15(19)11-12-20(22)25-14-18(21)16-8-6-9-17(13-16)23-2/h4-13H,3,14H2,1-2H3/b12-11+. The summed E-state index contributed by atoms with van der Waals surface area (Å²) < 4.78 is 15.5. The molecule has 0 amide bonds. The molecule has 2 aromatic rings. The number of benzene rings is 2. The van der Waals surface area contributed by atoms with E-state index in [1.54, 1.807) is 30.3 Å². The van der Waals surface area contributed by atoms with Crippen LogP contribution in [0.25, 0.3) is 6.08 Å². The lowest BCUT2D eigenvalue weighted by Crippen LogP contribution is -2.12. The Balaban J connectivity index is 1.93. The fourth-order valence-electron chi connectivity index (χ4n) is 2.13. The molecular weight excluding hydrogens is 320 g/mol. The molecule has 0 saturated heterocycles. The Kier molecular flexibility index (Phi) is 6.77.